The highest BCUT2D eigenvalue weighted by Gasteiger charge is 2.30. The Bertz CT molecular complexity index is 1260. The fraction of sp³-hybridized carbons (Fsp3) is 0.364. The summed E-state index contributed by atoms with van der Waals surface area (Å²) in [5.74, 6) is 1.07. The van der Waals surface area contributed by atoms with Crippen molar-refractivity contribution in [2.75, 3.05) is 0 Å². The van der Waals surface area contributed by atoms with E-state index in [-0.39, 0.29) is 17.4 Å². The number of halogens is 1. The first kappa shape index (κ1) is 18.0. The van der Waals surface area contributed by atoms with Crippen molar-refractivity contribution < 1.29 is 4.39 Å². The van der Waals surface area contributed by atoms with Crippen molar-refractivity contribution in [3.05, 3.63) is 59.0 Å². The number of aromatic nitrogens is 5. The first-order valence-electron chi connectivity index (χ1n) is 10.0. The lowest BCUT2D eigenvalue weighted by Gasteiger charge is -2.35. The maximum Gasteiger partial charge on any atom is 0.262 e. The van der Waals surface area contributed by atoms with Gasteiger partial charge in [0.2, 0.25) is 0 Å². The van der Waals surface area contributed by atoms with E-state index in [9.17, 15) is 9.18 Å². The van der Waals surface area contributed by atoms with Gasteiger partial charge in [0.05, 0.1) is 16.6 Å². The van der Waals surface area contributed by atoms with Crippen LogP contribution in [0.1, 0.15) is 39.2 Å². The Morgan fingerprint density at radius 1 is 1.10 bits per heavy atom. The molecule has 1 aliphatic rings. The van der Waals surface area contributed by atoms with Crippen molar-refractivity contribution in [1.29, 1.82) is 0 Å². The van der Waals surface area contributed by atoms with E-state index in [4.69, 9.17) is 0 Å². The zero-order valence-corrected chi connectivity index (χ0v) is 16.4. The third-order valence-electron chi connectivity index (χ3n) is 6.44. The fourth-order valence-corrected chi connectivity index (χ4v) is 4.62. The summed E-state index contributed by atoms with van der Waals surface area (Å²) in [7, 11) is 0. The minimum absolute atomic E-state index is 0.0855. The van der Waals surface area contributed by atoms with Gasteiger partial charge >= 0.3 is 0 Å². The third kappa shape index (κ3) is 2.84. The molecule has 5 rings (SSSR count). The van der Waals surface area contributed by atoms with Gasteiger partial charge in [-0.15, -0.1) is 0 Å². The zero-order valence-electron chi connectivity index (χ0n) is 16.4. The molecule has 0 spiro atoms. The van der Waals surface area contributed by atoms with E-state index < -0.39 is 0 Å². The summed E-state index contributed by atoms with van der Waals surface area (Å²) in [5.41, 5.74) is 1.79. The van der Waals surface area contributed by atoms with Gasteiger partial charge in [-0.1, -0.05) is 26.7 Å². The zero-order chi connectivity index (χ0) is 20.1. The van der Waals surface area contributed by atoms with Gasteiger partial charge < -0.3 is 4.57 Å². The average Bonchev–Trinajstić information content (AvgIpc) is 3.18. The maximum absolute atomic E-state index is 13.7. The van der Waals surface area contributed by atoms with Gasteiger partial charge in [-0.25, -0.2) is 9.37 Å². The van der Waals surface area contributed by atoms with Gasteiger partial charge in [-0.05, 0) is 48.6 Å². The summed E-state index contributed by atoms with van der Waals surface area (Å²) in [6.07, 6.45) is 6.57. The Hall–Kier alpha value is -3.09. The molecule has 0 amide bonds. The molecule has 1 fully saturated rings. The Morgan fingerprint density at radius 3 is 2.69 bits per heavy atom. The molecule has 4 aromatic rings. The van der Waals surface area contributed by atoms with Crippen molar-refractivity contribution in [2.45, 2.75) is 39.2 Å². The lowest BCUT2D eigenvalue weighted by molar-refractivity contribution is 0.183. The highest BCUT2D eigenvalue weighted by Crippen LogP contribution is 2.37. The van der Waals surface area contributed by atoms with E-state index in [1.54, 1.807) is 16.6 Å². The minimum Gasteiger partial charge on any atom is -0.311 e. The van der Waals surface area contributed by atoms with E-state index in [0.717, 1.165) is 12.8 Å². The Balaban J connectivity index is 1.82. The monoisotopic (exact) mass is 391 g/mol. The van der Waals surface area contributed by atoms with Crippen LogP contribution in [-0.2, 0) is 0 Å². The molecule has 0 saturated heterocycles. The molecule has 0 N–H and O–H groups in total. The van der Waals surface area contributed by atoms with Gasteiger partial charge in [0.1, 0.15) is 12.1 Å². The summed E-state index contributed by atoms with van der Waals surface area (Å²) >= 11 is 0. The van der Waals surface area contributed by atoms with Crippen LogP contribution in [0.4, 0.5) is 4.39 Å². The van der Waals surface area contributed by atoms with Crippen LogP contribution in [-0.4, -0.2) is 24.1 Å². The first-order chi connectivity index (χ1) is 14.0. The molecule has 1 saturated carbocycles. The van der Waals surface area contributed by atoms with Gasteiger partial charge in [-0.2, -0.15) is 14.6 Å². The lowest BCUT2D eigenvalue weighted by atomic mass is 9.78. The van der Waals surface area contributed by atoms with E-state index in [1.165, 1.54) is 24.9 Å². The first-order valence-corrected chi connectivity index (χ1v) is 10.0. The number of pyridine rings is 1. The molecule has 1 aliphatic carbocycles. The maximum atomic E-state index is 13.7. The second-order valence-electron chi connectivity index (χ2n) is 8.06. The molecule has 148 valence electrons. The molecule has 6 nitrogen and oxygen atoms in total. The average molecular weight is 391 g/mol. The van der Waals surface area contributed by atoms with E-state index >= 15 is 0 Å². The molecular formula is C22H22FN5O. The molecule has 3 atom stereocenters. The molecule has 29 heavy (non-hydrogen) atoms. The summed E-state index contributed by atoms with van der Waals surface area (Å²) in [6, 6.07) is 8.13. The van der Waals surface area contributed by atoms with Crippen LogP contribution in [0, 0.1) is 17.7 Å². The predicted molar refractivity (Wildman–Crippen MR) is 109 cm³/mol. The largest absolute Gasteiger partial charge is 0.311 e. The van der Waals surface area contributed by atoms with Crippen molar-refractivity contribution in [3.63, 3.8) is 0 Å². The topological polar surface area (TPSA) is 65.1 Å². The molecule has 1 aromatic carbocycles. The van der Waals surface area contributed by atoms with Gasteiger partial charge in [0.15, 0.2) is 0 Å². The molecule has 0 radical (unpaired) electrons. The number of rotatable bonds is 2. The van der Waals surface area contributed by atoms with Crippen LogP contribution in [0.3, 0.4) is 0 Å². The lowest BCUT2D eigenvalue weighted by Crippen LogP contribution is -2.33. The van der Waals surface area contributed by atoms with Crippen molar-refractivity contribution in [1.82, 2.24) is 24.1 Å². The van der Waals surface area contributed by atoms with Crippen LogP contribution in [0.5, 0.6) is 0 Å². The second-order valence-corrected chi connectivity index (χ2v) is 8.06. The standard InChI is InChI=1S/C22H22FN5O/c1-13-4-3-5-18(14(13)2)27-11-10-17-19(21(27)29)20(15-6-8-16(23)9-7-15)28-22(26-17)24-12-25-28/h6-14,18H,3-5H2,1-2H3/t13-,14-,18+/m1/s1. The molecular weight excluding hydrogens is 369 g/mol. The molecule has 3 heterocycles. The number of fused-ring (bicyclic) bond motifs is 2. The van der Waals surface area contributed by atoms with Crippen LogP contribution < -0.4 is 5.56 Å². The highest BCUT2D eigenvalue weighted by molar-refractivity contribution is 5.93. The minimum atomic E-state index is -0.329. The highest BCUT2D eigenvalue weighted by atomic mass is 19.1. The van der Waals surface area contributed by atoms with Gasteiger partial charge in [0, 0.05) is 17.8 Å². The summed E-state index contributed by atoms with van der Waals surface area (Å²) in [4.78, 5) is 22.4. The fourth-order valence-electron chi connectivity index (χ4n) is 4.62. The number of nitrogens with zero attached hydrogens (tertiary/aromatic N) is 5. The predicted octanol–water partition coefficient (Wildman–Crippen LogP) is 4.24. The van der Waals surface area contributed by atoms with Crippen LogP contribution in [0.2, 0.25) is 0 Å². The van der Waals surface area contributed by atoms with Gasteiger partial charge in [0.25, 0.3) is 11.3 Å². The molecule has 0 bridgehead atoms. The van der Waals surface area contributed by atoms with Crippen molar-refractivity contribution in [3.8, 4) is 11.3 Å². The van der Waals surface area contributed by atoms with E-state index in [1.807, 2.05) is 16.8 Å². The molecule has 0 unspecified atom stereocenters. The Kier molecular flexibility index (Phi) is 4.19. The normalized spacial score (nSPS) is 22.4. The van der Waals surface area contributed by atoms with E-state index in [2.05, 4.69) is 28.9 Å². The van der Waals surface area contributed by atoms with Crippen LogP contribution >= 0.6 is 0 Å². The summed E-state index contributed by atoms with van der Waals surface area (Å²) in [6.45, 7) is 4.48. The summed E-state index contributed by atoms with van der Waals surface area (Å²) < 4.78 is 16.9. The molecule has 0 aliphatic heterocycles. The SMILES string of the molecule is C[C@@H]1[C@H](C)CCC[C@@H]1n1ccc2nc3ncnn3c(-c3ccc(F)cc3)c2c1=O. The quantitative estimate of drug-likeness (QED) is 0.513. The third-order valence-corrected chi connectivity index (χ3v) is 6.44. The van der Waals surface area contributed by atoms with Crippen LogP contribution in [0.25, 0.3) is 27.9 Å². The Labute approximate surface area is 167 Å². The smallest absolute Gasteiger partial charge is 0.262 e. The number of benzene rings is 1. The van der Waals surface area contributed by atoms with Crippen molar-refractivity contribution >= 4 is 16.7 Å². The number of hydrogen-bond acceptors (Lipinski definition) is 4. The molecule has 3 aromatic heterocycles. The second kappa shape index (κ2) is 6.76. The van der Waals surface area contributed by atoms with Gasteiger partial charge in [-0.3, -0.25) is 4.79 Å². The Morgan fingerprint density at radius 2 is 1.90 bits per heavy atom. The van der Waals surface area contributed by atoms with Crippen molar-refractivity contribution in [2.24, 2.45) is 11.8 Å². The van der Waals surface area contributed by atoms with E-state index in [0.29, 0.717) is 39.8 Å². The molecule has 7 heteroatoms. The summed E-state index contributed by atoms with van der Waals surface area (Å²) in [5, 5.41) is 4.77. The van der Waals surface area contributed by atoms with Crippen LogP contribution in [0.15, 0.2) is 47.7 Å². The number of hydrogen-bond donors (Lipinski definition) is 0.